The number of nitrogens with zero attached hydrogens (tertiary/aromatic N) is 3. The van der Waals surface area contributed by atoms with Gasteiger partial charge in [0.2, 0.25) is 0 Å². The van der Waals surface area contributed by atoms with Gasteiger partial charge in [-0.3, -0.25) is 4.98 Å². The number of hydrogen-bond donors (Lipinski definition) is 2. The second kappa shape index (κ2) is 7.27. The van der Waals surface area contributed by atoms with Crippen molar-refractivity contribution in [2.45, 2.75) is 6.10 Å². The van der Waals surface area contributed by atoms with Crippen molar-refractivity contribution < 1.29 is 13.5 Å². The summed E-state index contributed by atoms with van der Waals surface area (Å²) in [5, 5.41) is 6.51. The number of morpholine rings is 1. The van der Waals surface area contributed by atoms with E-state index in [0.717, 1.165) is 25.2 Å². The Morgan fingerprint density at radius 3 is 2.85 bits per heavy atom. The molecule has 0 bridgehead atoms. The molecule has 0 aliphatic carbocycles. The number of benzene rings is 1. The molecule has 1 aromatic carbocycles. The molecule has 0 radical (unpaired) electrons. The molecule has 26 heavy (non-hydrogen) atoms. The first-order valence-corrected chi connectivity index (χ1v) is 8.34. The molecule has 0 amide bonds. The topological polar surface area (TPSA) is 72.0 Å². The minimum Gasteiger partial charge on any atom is -0.374 e. The smallest absolute Gasteiger partial charge is 0.159 e. The van der Waals surface area contributed by atoms with Crippen molar-refractivity contribution >= 4 is 16.9 Å². The molecule has 1 atom stereocenters. The molecule has 1 aliphatic rings. The van der Waals surface area contributed by atoms with Gasteiger partial charge in [0.1, 0.15) is 5.52 Å². The van der Waals surface area contributed by atoms with Gasteiger partial charge in [0, 0.05) is 37.6 Å². The maximum Gasteiger partial charge on any atom is 0.159 e. The Labute approximate surface area is 148 Å². The number of anilines is 1. The van der Waals surface area contributed by atoms with E-state index in [0.29, 0.717) is 41.3 Å². The highest BCUT2D eigenvalue weighted by atomic mass is 19.2. The Hall–Kier alpha value is -2.71. The van der Waals surface area contributed by atoms with E-state index >= 15 is 0 Å². The van der Waals surface area contributed by atoms with Crippen LogP contribution in [-0.4, -0.2) is 47.3 Å². The van der Waals surface area contributed by atoms with Crippen molar-refractivity contribution in [3.05, 3.63) is 48.3 Å². The Balaban J connectivity index is 1.69. The van der Waals surface area contributed by atoms with E-state index in [2.05, 4.69) is 25.6 Å². The average molecular weight is 357 g/mol. The van der Waals surface area contributed by atoms with Gasteiger partial charge in [0.15, 0.2) is 17.5 Å². The van der Waals surface area contributed by atoms with Crippen molar-refractivity contribution in [2.75, 3.05) is 31.6 Å². The number of hydrogen-bond acceptors (Lipinski definition) is 6. The Morgan fingerprint density at radius 1 is 1.15 bits per heavy atom. The minimum absolute atomic E-state index is 0.0178. The average Bonchev–Trinajstić information content (AvgIpc) is 2.69. The van der Waals surface area contributed by atoms with Crippen LogP contribution >= 0.6 is 0 Å². The second-order valence-corrected chi connectivity index (χ2v) is 5.99. The standard InChI is InChI=1S/C18H17F2N5O/c19-13-2-1-11(7-14(13)20)15-8-16-17(23-4-3-22-16)18(25-15)24-10-12-9-21-5-6-26-12/h1-4,7-8,12,21H,5-6,9-10H2,(H,24,25)/t12-/m0/s1. The summed E-state index contributed by atoms with van der Waals surface area (Å²) in [7, 11) is 0. The highest BCUT2D eigenvalue weighted by molar-refractivity contribution is 5.88. The number of aromatic nitrogens is 3. The molecule has 6 nitrogen and oxygen atoms in total. The van der Waals surface area contributed by atoms with Crippen LogP contribution in [0.1, 0.15) is 0 Å². The molecule has 1 aliphatic heterocycles. The van der Waals surface area contributed by atoms with Crippen LogP contribution in [-0.2, 0) is 4.74 Å². The van der Waals surface area contributed by atoms with Crippen LogP contribution in [0.25, 0.3) is 22.3 Å². The lowest BCUT2D eigenvalue weighted by Gasteiger charge is -2.24. The molecule has 4 rings (SSSR count). The first kappa shape index (κ1) is 16.7. The van der Waals surface area contributed by atoms with Crippen LogP contribution < -0.4 is 10.6 Å². The summed E-state index contributed by atoms with van der Waals surface area (Å²) in [6, 6.07) is 5.40. The highest BCUT2D eigenvalue weighted by Crippen LogP contribution is 2.26. The Kier molecular flexibility index (Phi) is 4.68. The fourth-order valence-corrected chi connectivity index (χ4v) is 2.86. The van der Waals surface area contributed by atoms with Gasteiger partial charge in [0.05, 0.1) is 23.9 Å². The molecule has 3 aromatic rings. The highest BCUT2D eigenvalue weighted by Gasteiger charge is 2.16. The largest absolute Gasteiger partial charge is 0.374 e. The molecular weight excluding hydrogens is 340 g/mol. The van der Waals surface area contributed by atoms with Crippen LogP contribution in [0.15, 0.2) is 36.7 Å². The minimum atomic E-state index is -0.917. The van der Waals surface area contributed by atoms with E-state index in [1.165, 1.54) is 6.07 Å². The molecule has 1 fully saturated rings. The number of halogens is 2. The zero-order valence-corrected chi connectivity index (χ0v) is 13.9. The van der Waals surface area contributed by atoms with E-state index < -0.39 is 11.6 Å². The van der Waals surface area contributed by atoms with Gasteiger partial charge in [-0.1, -0.05) is 0 Å². The third-order valence-corrected chi connectivity index (χ3v) is 4.17. The number of rotatable bonds is 4. The normalized spacial score (nSPS) is 17.4. The quantitative estimate of drug-likeness (QED) is 0.747. The summed E-state index contributed by atoms with van der Waals surface area (Å²) < 4.78 is 32.5. The van der Waals surface area contributed by atoms with Gasteiger partial charge in [-0.15, -0.1) is 0 Å². The maximum absolute atomic E-state index is 13.6. The molecule has 2 N–H and O–H groups in total. The molecule has 3 heterocycles. The maximum atomic E-state index is 13.6. The number of fused-ring (bicyclic) bond motifs is 1. The number of ether oxygens (including phenoxy) is 1. The van der Waals surface area contributed by atoms with Gasteiger partial charge < -0.3 is 15.4 Å². The van der Waals surface area contributed by atoms with E-state index in [4.69, 9.17) is 4.74 Å². The van der Waals surface area contributed by atoms with Crippen LogP contribution in [0, 0.1) is 11.6 Å². The van der Waals surface area contributed by atoms with Crippen LogP contribution in [0.4, 0.5) is 14.6 Å². The lowest BCUT2D eigenvalue weighted by atomic mass is 10.1. The van der Waals surface area contributed by atoms with E-state index in [1.807, 2.05) is 0 Å². The lowest BCUT2D eigenvalue weighted by Crippen LogP contribution is -2.42. The molecule has 2 aromatic heterocycles. The molecular formula is C18H17F2N5O. The third-order valence-electron chi connectivity index (χ3n) is 4.17. The molecule has 0 spiro atoms. The summed E-state index contributed by atoms with van der Waals surface area (Å²) in [6.07, 6.45) is 3.18. The van der Waals surface area contributed by atoms with E-state index in [-0.39, 0.29) is 6.10 Å². The van der Waals surface area contributed by atoms with Crippen LogP contribution in [0.3, 0.4) is 0 Å². The van der Waals surface area contributed by atoms with Gasteiger partial charge in [-0.25, -0.2) is 18.7 Å². The second-order valence-electron chi connectivity index (χ2n) is 5.99. The predicted molar refractivity (Wildman–Crippen MR) is 93.8 cm³/mol. The number of nitrogens with one attached hydrogen (secondary N) is 2. The number of pyridine rings is 1. The van der Waals surface area contributed by atoms with Crippen molar-refractivity contribution in [3.63, 3.8) is 0 Å². The van der Waals surface area contributed by atoms with Crippen molar-refractivity contribution in [3.8, 4) is 11.3 Å². The van der Waals surface area contributed by atoms with E-state index in [1.54, 1.807) is 18.5 Å². The molecule has 1 saturated heterocycles. The van der Waals surface area contributed by atoms with Gasteiger partial charge in [-0.05, 0) is 24.3 Å². The molecule has 0 saturated carbocycles. The Bertz CT molecular complexity index is 931. The SMILES string of the molecule is Fc1ccc(-c2cc3nccnc3c(NC[C@@H]3CNCCO3)n2)cc1F. The van der Waals surface area contributed by atoms with Crippen molar-refractivity contribution in [1.29, 1.82) is 0 Å². The van der Waals surface area contributed by atoms with Gasteiger partial charge in [-0.2, -0.15) is 0 Å². The summed E-state index contributed by atoms with van der Waals surface area (Å²) in [5.41, 5.74) is 2.19. The molecule has 134 valence electrons. The molecule has 0 unspecified atom stereocenters. The molecule has 8 heteroatoms. The monoisotopic (exact) mass is 357 g/mol. The van der Waals surface area contributed by atoms with Gasteiger partial charge in [0.25, 0.3) is 0 Å². The van der Waals surface area contributed by atoms with Crippen LogP contribution in [0.5, 0.6) is 0 Å². The van der Waals surface area contributed by atoms with Crippen molar-refractivity contribution in [1.82, 2.24) is 20.3 Å². The summed E-state index contributed by atoms with van der Waals surface area (Å²) in [5.74, 6) is -1.28. The third kappa shape index (κ3) is 3.47. The zero-order chi connectivity index (χ0) is 17.9. The first-order chi connectivity index (χ1) is 12.7. The van der Waals surface area contributed by atoms with Gasteiger partial charge >= 0.3 is 0 Å². The summed E-state index contributed by atoms with van der Waals surface area (Å²) >= 11 is 0. The summed E-state index contributed by atoms with van der Waals surface area (Å²) in [6.45, 7) is 2.80. The van der Waals surface area contributed by atoms with Crippen molar-refractivity contribution in [2.24, 2.45) is 0 Å². The zero-order valence-electron chi connectivity index (χ0n) is 13.9. The summed E-state index contributed by atoms with van der Waals surface area (Å²) in [4.78, 5) is 13.2. The fourth-order valence-electron chi connectivity index (χ4n) is 2.86. The fraction of sp³-hybridized carbons (Fsp3) is 0.278. The first-order valence-electron chi connectivity index (χ1n) is 8.34. The van der Waals surface area contributed by atoms with E-state index in [9.17, 15) is 8.78 Å². The lowest BCUT2D eigenvalue weighted by molar-refractivity contribution is 0.0372. The predicted octanol–water partition coefficient (Wildman–Crippen LogP) is 2.37. The van der Waals surface area contributed by atoms with Crippen LogP contribution in [0.2, 0.25) is 0 Å². The Morgan fingerprint density at radius 2 is 2.04 bits per heavy atom.